The Morgan fingerprint density at radius 3 is 2.72 bits per heavy atom. The number of carbonyl (C=O) groups excluding carboxylic acids is 1. The number of amidine groups is 1. The fourth-order valence-corrected chi connectivity index (χ4v) is 4.01. The summed E-state index contributed by atoms with van der Waals surface area (Å²) in [5.74, 6) is 0.881. The first-order valence-electron chi connectivity index (χ1n) is 10.2. The van der Waals surface area contributed by atoms with Crippen molar-refractivity contribution in [2.24, 2.45) is 12.0 Å². The van der Waals surface area contributed by atoms with Crippen molar-refractivity contribution >= 4 is 17.4 Å². The lowest BCUT2D eigenvalue weighted by molar-refractivity contribution is 0.0779. The van der Waals surface area contributed by atoms with Gasteiger partial charge in [-0.1, -0.05) is 18.2 Å². The van der Waals surface area contributed by atoms with Crippen LogP contribution in [0.25, 0.3) is 0 Å². The summed E-state index contributed by atoms with van der Waals surface area (Å²) in [6, 6.07) is 10.1. The highest BCUT2D eigenvalue weighted by atomic mass is 16.2. The van der Waals surface area contributed by atoms with Crippen LogP contribution in [0.15, 0.2) is 35.3 Å². The van der Waals surface area contributed by atoms with E-state index in [9.17, 15) is 4.79 Å². The second kappa shape index (κ2) is 6.99. The molecule has 0 radical (unpaired) electrons. The van der Waals surface area contributed by atoms with E-state index in [2.05, 4.69) is 54.7 Å². The smallest absolute Gasteiger partial charge is 0.274 e. The highest BCUT2D eigenvalue weighted by molar-refractivity contribution is 6.05. The van der Waals surface area contributed by atoms with E-state index in [1.54, 1.807) is 4.68 Å². The van der Waals surface area contributed by atoms with E-state index in [-0.39, 0.29) is 11.4 Å². The third kappa shape index (κ3) is 3.79. The molecule has 154 valence electrons. The van der Waals surface area contributed by atoms with E-state index in [0.717, 1.165) is 30.2 Å². The van der Waals surface area contributed by atoms with Gasteiger partial charge in [-0.2, -0.15) is 5.10 Å². The van der Waals surface area contributed by atoms with Crippen LogP contribution in [0.2, 0.25) is 0 Å². The van der Waals surface area contributed by atoms with E-state index in [1.807, 2.05) is 31.0 Å². The zero-order chi connectivity index (χ0) is 20.8. The summed E-state index contributed by atoms with van der Waals surface area (Å²) in [5, 5.41) is 11.7. The maximum Gasteiger partial charge on any atom is 0.274 e. The zero-order valence-electron chi connectivity index (χ0n) is 17.9. The van der Waals surface area contributed by atoms with Gasteiger partial charge in [-0.05, 0) is 51.8 Å². The topological polar surface area (TPSA) is 74.6 Å². The molecule has 2 aliphatic rings. The maximum atomic E-state index is 13.1. The number of fused-ring (bicyclic) bond motifs is 1. The van der Waals surface area contributed by atoms with E-state index in [0.29, 0.717) is 18.8 Å². The van der Waals surface area contributed by atoms with Crippen molar-refractivity contribution in [2.45, 2.75) is 51.7 Å². The SMILES string of the molecule is Cc1cc(C(=O)N2CCC3(C2)NCc2ccccc2NC3=NC(C)(C)C)nn1C. The van der Waals surface area contributed by atoms with Crippen LogP contribution in [0.5, 0.6) is 0 Å². The highest BCUT2D eigenvalue weighted by Crippen LogP contribution is 2.31. The first-order chi connectivity index (χ1) is 13.7. The van der Waals surface area contributed by atoms with E-state index in [1.165, 1.54) is 5.56 Å². The minimum absolute atomic E-state index is 0.0238. The molecule has 2 N–H and O–H groups in total. The fourth-order valence-electron chi connectivity index (χ4n) is 4.01. The second-order valence-corrected chi connectivity index (χ2v) is 9.12. The summed E-state index contributed by atoms with van der Waals surface area (Å²) in [6.07, 6.45) is 0.806. The van der Waals surface area contributed by atoms with Crippen molar-refractivity contribution < 1.29 is 4.79 Å². The second-order valence-electron chi connectivity index (χ2n) is 9.12. The summed E-state index contributed by atoms with van der Waals surface area (Å²) in [4.78, 5) is 20.0. The van der Waals surface area contributed by atoms with Crippen molar-refractivity contribution in [1.29, 1.82) is 0 Å². The minimum atomic E-state index is -0.397. The normalized spacial score (nSPS) is 23.2. The third-order valence-electron chi connectivity index (χ3n) is 5.68. The Balaban J connectivity index is 1.66. The van der Waals surface area contributed by atoms with Gasteiger partial charge in [0.15, 0.2) is 5.69 Å². The van der Waals surface area contributed by atoms with Gasteiger partial charge in [-0.15, -0.1) is 0 Å². The molecule has 1 spiro atoms. The van der Waals surface area contributed by atoms with E-state index < -0.39 is 5.54 Å². The maximum absolute atomic E-state index is 13.1. The summed E-state index contributed by atoms with van der Waals surface area (Å²) >= 11 is 0. The van der Waals surface area contributed by atoms with Crippen LogP contribution in [0, 0.1) is 6.92 Å². The quantitative estimate of drug-likeness (QED) is 0.780. The molecule has 1 aromatic heterocycles. The number of carbonyl (C=O) groups is 1. The van der Waals surface area contributed by atoms with E-state index in [4.69, 9.17) is 4.99 Å². The standard InChI is InChI=1S/C22H30N6O/c1-15-12-18(26-27(15)5)19(29)28-11-10-22(14-28)20(25-21(2,3)4)24-17-9-7-6-8-16(17)13-23-22/h6-9,12,23H,10-11,13-14H2,1-5H3,(H,24,25). The van der Waals surface area contributed by atoms with Gasteiger partial charge in [-0.3, -0.25) is 19.8 Å². The fraction of sp³-hybridized carbons (Fsp3) is 0.500. The number of rotatable bonds is 1. The summed E-state index contributed by atoms with van der Waals surface area (Å²) in [6.45, 7) is 10.2. The van der Waals surface area contributed by atoms with Crippen LogP contribution in [0.4, 0.5) is 5.69 Å². The molecule has 3 heterocycles. The molecule has 2 aromatic rings. The number of nitrogens with zero attached hydrogens (tertiary/aromatic N) is 4. The van der Waals surface area contributed by atoms with Gasteiger partial charge in [0.25, 0.3) is 5.91 Å². The van der Waals surface area contributed by atoms with Crippen molar-refractivity contribution in [3.05, 3.63) is 47.3 Å². The lowest BCUT2D eigenvalue weighted by Crippen LogP contribution is -2.56. The van der Waals surface area contributed by atoms with Gasteiger partial charge >= 0.3 is 0 Å². The monoisotopic (exact) mass is 394 g/mol. The zero-order valence-corrected chi connectivity index (χ0v) is 17.9. The van der Waals surface area contributed by atoms with Crippen LogP contribution in [0.3, 0.4) is 0 Å². The Bertz CT molecular complexity index is 950. The molecule has 4 rings (SSSR count). The summed E-state index contributed by atoms with van der Waals surface area (Å²) in [5.41, 5.74) is 3.13. The van der Waals surface area contributed by atoms with Crippen molar-refractivity contribution in [3.8, 4) is 0 Å². The summed E-state index contributed by atoms with van der Waals surface area (Å²) < 4.78 is 1.74. The molecule has 1 atom stereocenters. The van der Waals surface area contributed by atoms with Crippen LogP contribution in [-0.4, -0.2) is 50.6 Å². The predicted molar refractivity (Wildman–Crippen MR) is 115 cm³/mol. The molecule has 1 unspecified atom stereocenters. The number of aliphatic imine (C=N–C) groups is 1. The molecule has 7 heteroatoms. The number of hydrogen-bond acceptors (Lipinski definition) is 4. The molecular weight excluding hydrogens is 364 g/mol. The van der Waals surface area contributed by atoms with Crippen LogP contribution >= 0.6 is 0 Å². The molecule has 1 saturated heterocycles. The largest absolute Gasteiger partial charge is 0.342 e. The number of hydrogen-bond donors (Lipinski definition) is 2. The number of amides is 1. The Hall–Kier alpha value is -2.67. The van der Waals surface area contributed by atoms with Gasteiger partial charge in [0, 0.05) is 38.1 Å². The Kier molecular flexibility index (Phi) is 4.73. The molecular formula is C22H30N6O. The van der Waals surface area contributed by atoms with Crippen LogP contribution in [0.1, 0.15) is 48.9 Å². The number of aromatic nitrogens is 2. The Morgan fingerprint density at radius 2 is 2.03 bits per heavy atom. The molecule has 0 aliphatic carbocycles. The minimum Gasteiger partial charge on any atom is -0.342 e. The van der Waals surface area contributed by atoms with E-state index >= 15 is 0 Å². The molecule has 1 aromatic carbocycles. The van der Waals surface area contributed by atoms with Gasteiger partial charge in [0.2, 0.25) is 0 Å². The highest BCUT2D eigenvalue weighted by Gasteiger charge is 2.46. The molecule has 2 aliphatic heterocycles. The third-order valence-corrected chi connectivity index (χ3v) is 5.68. The van der Waals surface area contributed by atoms with Crippen LogP contribution in [-0.2, 0) is 13.6 Å². The molecule has 1 amide bonds. The number of nitrogens with one attached hydrogen (secondary N) is 2. The average molecular weight is 395 g/mol. The predicted octanol–water partition coefficient (Wildman–Crippen LogP) is 2.73. The van der Waals surface area contributed by atoms with Gasteiger partial charge in [0.1, 0.15) is 5.84 Å². The number of anilines is 1. The number of likely N-dealkylation sites (tertiary alicyclic amines) is 1. The van der Waals surface area contributed by atoms with Crippen LogP contribution < -0.4 is 10.6 Å². The van der Waals surface area contributed by atoms with Crippen molar-refractivity contribution in [2.75, 3.05) is 18.4 Å². The van der Waals surface area contributed by atoms with Crippen molar-refractivity contribution in [1.82, 2.24) is 20.0 Å². The molecule has 29 heavy (non-hydrogen) atoms. The van der Waals surface area contributed by atoms with Crippen molar-refractivity contribution in [3.63, 3.8) is 0 Å². The Morgan fingerprint density at radius 1 is 1.28 bits per heavy atom. The lowest BCUT2D eigenvalue weighted by atomic mass is 9.95. The van der Waals surface area contributed by atoms with Gasteiger partial charge in [-0.25, -0.2) is 0 Å². The number of benzene rings is 1. The molecule has 1 fully saturated rings. The van der Waals surface area contributed by atoms with Gasteiger partial charge in [0.05, 0.1) is 11.1 Å². The van der Waals surface area contributed by atoms with Gasteiger partial charge < -0.3 is 10.2 Å². The first-order valence-corrected chi connectivity index (χ1v) is 10.2. The average Bonchev–Trinajstić information content (AvgIpc) is 3.19. The number of para-hydroxylation sites is 1. The molecule has 7 nitrogen and oxygen atoms in total. The first kappa shape index (κ1) is 19.6. The molecule has 0 bridgehead atoms. The summed E-state index contributed by atoms with van der Waals surface area (Å²) in [7, 11) is 1.86. The lowest BCUT2D eigenvalue weighted by Gasteiger charge is -2.32. The number of aryl methyl sites for hydroxylation is 2. The Labute approximate surface area is 172 Å². The molecule has 0 saturated carbocycles.